The molecule has 2 aliphatic heterocycles. The largest absolute Gasteiger partial charge is 0.300 e. The smallest absolute Gasteiger partial charge is 0.0120 e. The van der Waals surface area contributed by atoms with Crippen LogP contribution in [0.2, 0.25) is 0 Å². The average molecular weight is 250 g/mol. The zero-order valence-electron chi connectivity index (χ0n) is 12.1. The van der Waals surface area contributed by atoms with Crippen molar-refractivity contribution in [2.24, 2.45) is 5.92 Å². The van der Waals surface area contributed by atoms with E-state index in [2.05, 4.69) is 16.7 Å². The molecular formula is C16H30N2. The number of hydrogen-bond donors (Lipinski definition) is 0. The van der Waals surface area contributed by atoms with Crippen LogP contribution in [-0.2, 0) is 0 Å². The predicted octanol–water partition coefficient (Wildman–Crippen LogP) is 3.13. The van der Waals surface area contributed by atoms with Crippen molar-refractivity contribution >= 4 is 0 Å². The first-order valence-corrected chi connectivity index (χ1v) is 8.31. The predicted molar refractivity (Wildman–Crippen MR) is 76.8 cm³/mol. The minimum Gasteiger partial charge on any atom is -0.300 e. The highest BCUT2D eigenvalue weighted by atomic mass is 15.2. The number of rotatable bonds is 2. The van der Waals surface area contributed by atoms with Crippen LogP contribution in [0, 0.1) is 5.92 Å². The standard InChI is InChI=1S/C16H30N2/c1-14-5-6-16(13-14)18-11-7-15(8-12-18)17-9-3-2-4-10-17/h14-16H,2-13H2,1H3/t14-,16+/m0/s1. The Morgan fingerprint density at radius 2 is 1.33 bits per heavy atom. The Balaban J connectivity index is 1.45. The Bertz CT molecular complexity index is 239. The minimum absolute atomic E-state index is 0.917. The summed E-state index contributed by atoms with van der Waals surface area (Å²) in [6, 6.07) is 1.85. The third-order valence-corrected chi connectivity index (χ3v) is 5.59. The maximum absolute atomic E-state index is 2.81. The summed E-state index contributed by atoms with van der Waals surface area (Å²) in [4.78, 5) is 5.60. The van der Waals surface area contributed by atoms with Gasteiger partial charge in [-0.15, -0.1) is 0 Å². The summed E-state index contributed by atoms with van der Waals surface area (Å²) in [5.41, 5.74) is 0. The molecule has 104 valence electrons. The van der Waals surface area contributed by atoms with Crippen molar-refractivity contribution in [3.8, 4) is 0 Å². The third-order valence-electron chi connectivity index (χ3n) is 5.59. The van der Waals surface area contributed by atoms with E-state index in [9.17, 15) is 0 Å². The molecule has 1 saturated carbocycles. The first-order chi connectivity index (χ1) is 8.83. The summed E-state index contributed by atoms with van der Waals surface area (Å²) in [5, 5.41) is 0. The molecule has 0 amide bonds. The second-order valence-electron chi connectivity index (χ2n) is 6.94. The lowest BCUT2D eigenvalue weighted by atomic mass is 9.98. The van der Waals surface area contributed by atoms with E-state index < -0.39 is 0 Å². The van der Waals surface area contributed by atoms with Crippen LogP contribution in [0.5, 0.6) is 0 Å². The van der Waals surface area contributed by atoms with E-state index in [0.29, 0.717) is 0 Å². The first kappa shape index (κ1) is 12.9. The minimum atomic E-state index is 0.917. The molecule has 0 unspecified atom stereocenters. The Labute approximate surface area is 113 Å². The second-order valence-corrected chi connectivity index (χ2v) is 6.94. The Morgan fingerprint density at radius 1 is 0.667 bits per heavy atom. The van der Waals surface area contributed by atoms with Crippen LogP contribution < -0.4 is 0 Å². The van der Waals surface area contributed by atoms with E-state index in [1.807, 2.05) is 0 Å². The molecule has 0 aromatic carbocycles. The third kappa shape index (κ3) is 2.91. The quantitative estimate of drug-likeness (QED) is 0.743. The molecule has 1 aliphatic carbocycles. The molecule has 0 bridgehead atoms. The van der Waals surface area contributed by atoms with E-state index >= 15 is 0 Å². The van der Waals surface area contributed by atoms with Gasteiger partial charge in [-0.05, 0) is 77.0 Å². The molecule has 18 heavy (non-hydrogen) atoms. The van der Waals surface area contributed by atoms with Crippen LogP contribution in [-0.4, -0.2) is 48.1 Å². The fourth-order valence-electron chi connectivity index (χ4n) is 4.41. The summed E-state index contributed by atoms with van der Waals surface area (Å²) in [6.07, 6.45) is 11.6. The van der Waals surface area contributed by atoms with Gasteiger partial charge in [0.2, 0.25) is 0 Å². The molecule has 3 rings (SSSR count). The highest BCUT2D eigenvalue weighted by Gasteiger charge is 2.31. The van der Waals surface area contributed by atoms with Gasteiger partial charge in [0.25, 0.3) is 0 Å². The van der Waals surface area contributed by atoms with Gasteiger partial charge in [-0.1, -0.05) is 13.3 Å². The van der Waals surface area contributed by atoms with Gasteiger partial charge in [0.05, 0.1) is 0 Å². The van der Waals surface area contributed by atoms with Crippen molar-refractivity contribution in [2.45, 2.75) is 70.4 Å². The van der Waals surface area contributed by atoms with Gasteiger partial charge < -0.3 is 9.80 Å². The first-order valence-electron chi connectivity index (χ1n) is 8.31. The van der Waals surface area contributed by atoms with E-state index in [1.54, 1.807) is 0 Å². The maximum atomic E-state index is 2.81. The van der Waals surface area contributed by atoms with Crippen molar-refractivity contribution in [3.05, 3.63) is 0 Å². The molecule has 2 heteroatoms. The summed E-state index contributed by atoms with van der Waals surface area (Å²) >= 11 is 0. The molecule has 0 N–H and O–H groups in total. The summed E-state index contributed by atoms with van der Waals surface area (Å²) < 4.78 is 0. The van der Waals surface area contributed by atoms with Crippen molar-refractivity contribution in [3.63, 3.8) is 0 Å². The molecule has 3 fully saturated rings. The molecule has 0 radical (unpaired) electrons. The number of hydrogen-bond acceptors (Lipinski definition) is 2. The van der Waals surface area contributed by atoms with Crippen molar-refractivity contribution in [2.75, 3.05) is 26.2 Å². The lowest BCUT2D eigenvalue weighted by molar-refractivity contribution is 0.0726. The van der Waals surface area contributed by atoms with Crippen molar-refractivity contribution in [1.29, 1.82) is 0 Å². The van der Waals surface area contributed by atoms with E-state index in [4.69, 9.17) is 0 Å². The fourth-order valence-corrected chi connectivity index (χ4v) is 4.41. The van der Waals surface area contributed by atoms with Gasteiger partial charge in [0, 0.05) is 12.1 Å². The van der Waals surface area contributed by atoms with Gasteiger partial charge in [-0.2, -0.15) is 0 Å². The molecule has 3 aliphatic rings. The van der Waals surface area contributed by atoms with Crippen LogP contribution in [0.25, 0.3) is 0 Å². The molecule has 2 nitrogen and oxygen atoms in total. The molecule has 0 spiro atoms. The maximum Gasteiger partial charge on any atom is 0.0120 e. The fraction of sp³-hybridized carbons (Fsp3) is 1.00. The van der Waals surface area contributed by atoms with Crippen LogP contribution in [0.15, 0.2) is 0 Å². The number of piperidine rings is 2. The van der Waals surface area contributed by atoms with Gasteiger partial charge in [0.1, 0.15) is 0 Å². The topological polar surface area (TPSA) is 6.48 Å². The van der Waals surface area contributed by atoms with Crippen molar-refractivity contribution < 1.29 is 0 Å². The molecule has 0 aromatic rings. The Kier molecular flexibility index (Phi) is 4.25. The lowest BCUT2D eigenvalue weighted by Crippen LogP contribution is -2.48. The number of nitrogens with zero attached hydrogens (tertiary/aromatic N) is 2. The summed E-state index contributed by atoms with van der Waals surface area (Å²) in [6.45, 7) is 7.94. The van der Waals surface area contributed by atoms with Crippen LogP contribution in [0.4, 0.5) is 0 Å². The summed E-state index contributed by atoms with van der Waals surface area (Å²) in [5.74, 6) is 0.981. The van der Waals surface area contributed by atoms with E-state index in [1.165, 1.54) is 77.5 Å². The van der Waals surface area contributed by atoms with Gasteiger partial charge in [-0.3, -0.25) is 0 Å². The van der Waals surface area contributed by atoms with Crippen molar-refractivity contribution in [1.82, 2.24) is 9.80 Å². The molecule has 2 heterocycles. The Hall–Kier alpha value is -0.0800. The number of likely N-dealkylation sites (tertiary alicyclic amines) is 2. The molecular weight excluding hydrogens is 220 g/mol. The monoisotopic (exact) mass is 250 g/mol. The van der Waals surface area contributed by atoms with Crippen LogP contribution >= 0.6 is 0 Å². The van der Waals surface area contributed by atoms with E-state index in [0.717, 1.165) is 18.0 Å². The molecule has 0 aromatic heterocycles. The molecule has 2 atom stereocenters. The normalized spacial score (nSPS) is 37.2. The van der Waals surface area contributed by atoms with Gasteiger partial charge in [-0.25, -0.2) is 0 Å². The van der Waals surface area contributed by atoms with Gasteiger partial charge >= 0.3 is 0 Å². The van der Waals surface area contributed by atoms with Crippen LogP contribution in [0.1, 0.15) is 58.3 Å². The van der Waals surface area contributed by atoms with Gasteiger partial charge in [0.15, 0.2) is 0 Å². The zero-order chi connectivity index (χ0) is 12.4. The Morgan fingerprint density at radius 3 is 1.94 bits per heavy atom. The average Bonchev–Trinajstić information content (AvgIpc) is 2.87. The highest BCUT2D eigenvalue weighted by Crippen LogP contribution is 2.31. The molecule has 2 saturated heterocycles. The second kappa shape index (κ2) is 5.92. The lowest BCUT2D eigenvalue weighted by Gasteiger charge is -2.42. The zero-order valence-corrected chi connectivity index (χ0v) is 12.1. The van der Waals surface area contributed by atoms with E-state index in [-0.39, 0.29) is 0 Å². The highest BCUT2D eigenvalue weighted by molar-refractivity contribution is 4.87. The van der Waals surface area contributed by atoms with Crippen LogP contribution in [0.3, 0.4) is 0 Å². The SMILES string of the molecule is C[C@H]1CC[C@@H](N2CCC(N3CCCCC3)CC2)C1. The summed E-state index contributed by atoms with van der Waals surface area (Å²) in [7, 11) is 0.